The van der Waals surface area contributed by atoms with Crippen LogP contribution < -0.4 is 5.76 Å². The Balaban J connectivity index is 0.000000640. The Bertz CT molecular complexity index is 216. The van der Waals surface area contributed by atoms with Crippen molar-refractivity contribution < 1.29 is 5.95 Å². The van der Waals surface area contributed by atoms with Crippen LogP contribution in [0.4, 0.5) is 0 Å². The Hall–Kier alpha value is -1.06. The number of aromatic nitrogens is 2. The molecule has 0 aromatic carbocycles. The fraction of sp³-hybridized carbons (Fsp3) is 0.500. The van der Waals surface area contributed by atoms with Crippen LogP contribution in [-0.2, 0) is 6.42 Å². The summed E-state index contributed by atoms with van der Waals surface area (Å²) in [5.41, 5.74) is 0. The highest BCUT2D eigenvalue weighted by Crippen LogP contribution is 1.81. The maximum atomic E-state index is 10.2. The van der Waals surface area contributed by atoms with E-state index in [0.29, 0.717) is 12.2 Å². The molecule has 0 fully saturated rings. The zero-order valence-corrected chi connectivity index (χ0v) is 4.47. The van der Waals surface area contributed by atoms with Crippen molar-refractivity contribution >= 4 is 0 Å². The minimum Gasteiger partial charge on any atom is -0.296 e. The van der Waals surface area contributed by atoms with Crippen molar-refractivity contribution in [2.75, 3.05) is 0 Å². The molecule has 0 unspecified atom stereocenters. The zero-order valence-electron chi connectivity index (χ0n) is 4.47. The molecule has 1 N–H and O–H groups in total. The van der Waals surface area contributed by atoms with E-state index in [2.05, 4.69) is 14.7 Å². The lowest BCUT2D eigenvalue weighted by atomic mass is 10.5. The van der Waals surface area contributed by atoms with Crippen LogP contribution in [0.2, 0.25) is 0 Å². The lowest BCUT2D eigenvalue weighted by Crippen LogP contribution is -1.95. The average Bonchev–Trinajstić information content (AvgIpc) is 2.14. The molecule has 1 aromatic heterocycles. The number of rotatable bonds is 1. The minimum absolute atomic E-state index is 0. The Labute approximate surface area is 47.0 Å². The fourth-order valence-electron chi connectivity index (χ4n) is 0.413. The Kier molecular flexibility index (Phi) is 1.15. The minimum atomic E-state index is -0.484. The molecule has 0 atom stereocenters. The van der Waals surface area contributed by atoms with Crippen LogP contribution >= 0.6 is 0 Å². The van der Waals surface area contributed by atoms with Gasteiger partial charge in [-0.05, 0) is 0 Å². The van der Waals surface area contributed by atoms with E-state index in [0.717, 1.165) is 0 Å². The van der Waals surface area contributed by atoms with E-state index in [4.69, 9.17) is 0 Å². The van der Waals surface area contributed by atoms with Gasteiger partial charge in [0.2, 0.25) is 0 Å². The summed E-state index contributed by atoms with van der Waals surface area (Å²) in [4.78, 5) is 12.6. The van der Waals surface area contributed by atoms with Crippen molar-refractivity contribution in [3.63, 3.8) is 0 Å². The molecule has 1 aromatic rings. The molecule has 0 spiro atoms. The summed E-state index contributed by atoms with van der Waals surface area (Å²) >= 11 is 0. The Morgan fingerprint density at radius 1 is 2.00 bits per heavy atom. The summed E-state index contributed by atoms with van der Waals surface area (Å²) in [5, 5.41) is 3.39. The molecule has 4 nitrogen and oxygen atoms in total. The van der Waals surface area contributed by atoms with Gasteiger partial charge in [0.1, 0.15) is 0 Å². The third kappa shape index (κ3) is 0.776. The van der Waals surface area contributed by atoms with Gasteiger partial charge in [0.15, 0.2) is 5.82 Å². The van der Waals surface area contributed by atoms with Crippen LogP contribution in [0.3, 0.4) is 0 Å². The van der Waals surface area contributed by atoms with Gasteiger partial charge in [-0.15, -0.1) is 0 Å². The van der Waals surface area contributed by atoms with Crippen LogP contribution in [0.5, 0.6) is 0 Å². The summed E-state index contributed by atoms with van der Waals surface area (Å²) in [6.07, 6.45) is 0.700. The lowest BCUT2D eigenvalue weighted by molar-refractivity contribution is 0.381. The van der Waals surface area contributed by atoms with Gasteiger partial charge in [0.25, 0.3) is 0 Å². The molecule has 0 radical (unpaired) electrons. The van der Waals surface area contributed by atoms with Crippen molar-refractivity contribution in [2.45, 2.75) is 13.3 Å². The summed E-state index contributed by atoms with van der Waals surface area (Å²) in [6.45, 7) is 1.88. The molecule has 0 saturated heterocycles. The molecule has 0 amide bonds. The number of nitrogens with zero attached hydrogens (tertiary/aromatic N) is 1. The fourth-order valence-corrected chi connectivity index (χ4v) is 0.413. The molecule has 4 heteroatoms. The van der Waals surface area contributed by atoms with Gasteiger partial charge in [0, 0.05) is 7.85 Å². The first-order chi connectivity index (χ1) is 3.83. The predicted octanol–water partition coefficient (Wildman–Crippen LogP) is 0.171. The molecule has 8 heavy (non-hydrogen) atoms. The van der Waals surface area contributed by atoms with Gasteiger partial charge in [-0.1, -0.05) is 12.1 Å². The van der Waals surface area contributed by atoms with Crippen molar-refractivity contribution in [1.29, 1.82) is 0 Å². The molecule has 46 valence electrons. The van der Waals surface area contributed by atoms with Crippen molar-refractivity contribution in [3.8, 4) is 0 Å². The summed E-state index contributed by atoms with van der Waals surface area (Å²) in [7, 11) is 0. The average molecular weight is 116 g/mol. The Morgan fingerprint density at radius 3 is 3.00 bits per heavy atom. The summed E-state index contributed by atoms with van der Waals surface area (Å²) in [5.74, 6) is 0.108. The molecule has 1 heterocycles. The van der Waals surface area contributed by atoms with Gasteiger partial charge in [-0.25, -0.2) is 4.79 Å². The Morgan fingerprint density at radius 2 is 2.75 bits per heavy atom. The van der Waals surface area contributed by atoms with Gasteiger partial charge in [0.05, 0.1) is 0 Å². The van der Waals surface area contributed by atoms with Gasteiger partial charge < -0.3 is 0 Å². The van der Waals surface area contributed by atoms with Gasteiger partial charge in [-0.2, -0.15) is 0 Å². The van der Waals surface area contributed by atoms with E-state index in [-0.39, 0.29) is 1.43 Å². The molecule has 0 aliphatic rings. The molecule has 0 bridgehead atoms. The monoisotopic (exact) mass is 116 g/mol. The molecule has 0 saturated carbocycles. The van der Waals surface area contributed by atoms with Crippen molar-refractivity contribution in [1.82, 2.24) is 10.1 Å². The van der Waals surface area contributed by atoms with Crippen LogP contribution in [0.25, 0.3) is 0 Å². The maximum absolute atomic E-state index is 10.2. The number of hydrogen-bond acceptors (Lipinski definition) is 3. The van der Waals surface area contributed by atoms with Crippen LogP contribution in [0, 0.1) is 0 Å². The largest absolute Gasteiger partial charge is 0.438 e. The second kappa shape index (κ2) is 1.81. The second-order valence-electron chi connectivity index (χ2n) is 1.40. The van der Waals surface area contributed by atoms with Crippen molar-refractivity contribution in [2.24, 2.45) is 0 Å². The van der Waals surface area contributed by atoms with E-state index < -0.39 is 5.76 Å². The number of H-pyrrole nitrogens is 1. The normalized spacial score (nSPS) is 9.62. The highest BCUT2D eigenvalue weighted by molar-refractivity contribution is 4.74. The molecule has 0 aliphatic heterocycles. The SMILES string of the molecule is CCc1noc(=O)[nH]1.[HH]. The topological polar surface area (TPSA) is 58.9 Å². The van der Waals surface area contributed by atoms with Gasteiger partial charge in [-0.3, -0.25) is 9.51 Å². The maximum Gasteiger partial charge on any atom is 0.438 e. The first-order valence-electron chi connectivity index (χ1n) is 2.38. The van der Waals surface area contributed by atoms with E-state index in [1.807, 2.05) is 6.92 Å². The predicted molar refractivity (Wildman–Crippen MR) is 28.6 cm³/mol. The number of aromatic amines is 1. The number of nitrogens with one attached hydrogen (secondary N) is 1. The quantitative estimate of drug-likeness (QED) is 0.569. The first kappa shape index (κ1) is 5.08. The van der Waals surface area contributed by atoms with Crippen LogP contribution in [0.15, 0.2) is 9.32 Å². The van der Waals surface area contributed by atoms with E-state index >= 15 is 0 Å². The van der Waals surface area contributed by atoms with E-state index in [9.17, 15) is 4.79 Å². The number of aryl methyl sites for hydroxylation is 1. The summed E-state index contributed by atoms with van der Waals surface area (Å²) in [6, 6.07) is 0. The standard InChI is InChI=1S/C4H6N2O2.H2/c1-2-3-5-4(7)8-6-3;/h2H2,1H3,(H,5,6,7);1H. The smallest absolute Gasteiger partial charge is 0.296 e. The third-order valence-electron chi connectivity index (χ3n) is 0.820. The summed E-state index contributed by atoms with van der Waals surface area (Å²) < 4.78 is 4.19. The van der Waals surface area contributed by atoms with Crippen molar-refractivity contribution in [3.05, 3.63) is 16.4 Å². The molecule has 1 rings (SSSR count). The van der Waals surface area contributed by atoms with Crippen LogP contribution in [0.1, 0.15) is 14.2 Å². The highest BCUT2D eigenvalue weighted by Gasteiger charge is 1.92. The molecular weight excluding hydrogens is 108 g/mol. The zero-order chi connectivity index (χ0) is 5.98. The first-order valence-corrected chi connectivity index (χ1v) is 2.38. The molecule has 0 aliphatic carbocycles. The number of hydrogen-bond donors (Lipinski definition) is 1. The third-order valence-corrected chi connectivity index (χ3v) is 0.820. The molecular formula is C4H8N2O2. The lowest BCUT2D eigenvalue weighted by Gasteiger charge is -1.74. The van der Waals surface area contributed by atoms with E-state index in [1.54, 1.807) is 0 Å². The highest BCUT2D eigenvalue weighted by atomic mass is 16.5. The van der Waals surface area contributed by atoms with Crippen LogP contribution in [-0.4, -0.2) is 10.1 Å². The van der Waals surface area contributed by atoms with Gasteiger partial charge >= 0.3 is 5.76 Å². The second-order valence-corrected chi connectivity index (χ2v) is 1.40. The van der Waals surface area contributed by atoms with E-state index in [1.165, 1.54) is 0 Å².